The summed E-state index contributed by atoms with van der Waals surface area (Å²) >= 11 is 3.68. The van der Waals surface area contributed by atoms with Gasteiger partial charge in [-0.1, -0.05) is 66.6 Å². The monoisotopic (exact) mass is 384 g/mol. The molecule has 4 heteroatoms. The molecule has 0 aromatic carbocycles. The molecular formula is C18H29BrO2Si. The van der Waals surface area contributed by atoms with E-state index >= 15 is 0 Å². The Balaban J connectivity index is 2.41. The highest BCUT2D eigenvalue weighted by Gasteiger charge is 2.36. The standard InChI is InChI=1S/C18H29BrO2Si/c1-5-6-8-11-15(19)18-14-16(20)17(21-18)12-9-7-10-13-22(2,3)4/h6-9,15-18,20H,5,11-12,14H2,1-4H3/b8-6+,9-7+/t15-,16-,17-,18-/m1/s1. The van der Waals surface area contributed by atoms with Crippen molar-refractivity contribution >= 4 is 24.0 Å². The Labute approximate surface area is 145 Å². The highest BCUT2D eigenvalue weighted by atomic mass is 79.9. The normalized spacial score (nSPS) is 27.3. The van der Waals surface area contributed by atoms with Crippen LogP contribution in [0.3, 0.4) is 0 Å². The zero-order valence-corrected chi connectivity index (χ0v) is 16.8. The topological polar surface area (TPSA) is 29.5 Å². The van der Waals surface area contributed by atoms with Crippen LogP contribution in [0.25, 0.3) is 0 Å². The summed E-state index contributed by atoms with van der Waals surface area (Å²) in [6.45, 7) is 8.81. The first-order chi connectivity index (χ1) is 10.3. The Bertz CT molecular complexity index is 442. The molecule has 124 valence electrons. The van der Waals surface area contributed by atoms with Gasteiger partial charge in [-0.15, -0.1) is 5.54 Å². The highest BCUT2D eigenvalue weighted by molar-refractivity contribution is 9.09. The molecule has 0 spiro atoms. The van der Waals surface area contributed by atoms with Crippen LogP contribution in [-0.4, -0.2) is 36.3 Å². The van der Waals surface area contributed by atoms with Crippen molar-refractivity contribution in [2.45, 2.75) is 75.4 Å². The Hall–Kier alpha value is -0.343. The van der Waals surface area contributed by atoms with Crippen molar-refractivity contribution in [3.63, 3.8) is 0 Å². The van der Waals surface area contributed by atoms with Crippen molar-refractivity contribution in [2.24, 2.45) is 0 Å². The van der Waals surface area contributed by atoms with Gasteiger partial charge in [0.1, 0.15) is 8.07 Å². The molecule has 0 saturated carbocycles. The first-order valence-electron chi connectivity index (χ1n) is 8.13. The van der Waals surface area contributed by atoms with Crippen LogP contribution in [0.4, 0.5) is 0 Å². The van der Waals surface area contributed by atoms with E-state index in [1.54, 1.807) is 0 Å². The maximum Gasteiger partial charge on any atom is 0.129 e. The maximum atomic E-state index is 10.1. The van der Waals surface area contributed by atoms with Gasteiger partial charge in [0.05, 0.1) is 18.3 Å². The molecule has 0 radical (unpaired) electrons. The summed E-state index contributed by atoms with van der Waals surface area (Å²) in [5, 5.41) is 10.1. The van der Waals surface area contributed by atoms with E-state index in [1.165, 1.54) is 0 Å². The lowest BCUT2D eigenvalue weighted by molar-refractivity contribution is 0.0128. The largest absolute Gasteiger partial charge is 0.390 e. The minimum Gasteiger partial charge on any atom is -0.390 e. The predicted molar refractivity (Wildman–Crippen MR) is 101 cm³/mol. The van der Waals surface area contributed by atoms with Crippen LogP contribution in [-0.2, 0) is 4.74 Å². The third-order valence-corrected chi connectivity index (χ3v) is 5.29. The summed E-state index contributed by atoms with van der Waals surface area (Å²) in [5.41, 5.74) is 3.30. The van der Waals surface area contributed by atoms with E-state index < -0.39 is 8.07 Å². The van der Waals surface area contributed by atoms with Crippen LogP contribution in [0.15, 0.2) is 24.3 Å². The average molecular weight is 385 g/mol. The molecule has 1 aliphatic rings. The van der Waals surface area contributed by atoms with Crippen LogP contribution in [0.5, 0.6) is 0 Å². The van der Waals surface area contributed by atoms with Crippen molar-refractivity contribution in [1.82, 2.24) is 0 Å². The minimum absolute atomic E-state index is 0.0861. The molecule has 0 aliphatic carbocycles. The minimum atomic E-state index is -1.30. The summed E-state index contributed by atoms with van der Waals surface area (Å²) in [4.78, 5) is 0.269. The molecule has 22 heavy (non-hydrogen) atoms. The third-order valence-electron chi connectivity index (χ3n) is 3.44. The second-order valence-corrected chi connectivity index (χ2v) is 12.7. The van der Waals surface area contributed by atoms with Gasteiger partial charge in [0.2, 0.25) is 0 Å². The Morgan fingerprint density at radius 2 is 2.05 bits per heavy atom. The van der Waals surface area contributed by atoms with Crippen LogP contribution in [0, 0.1) is 11.5 Å². The first kappa shape index (κ1) is 19.7. The van der Waals surface area contributed by atoms with Crippen LogP contribution >= 0.6 is 15.9 Å². The van der Waals surface area contributed by atoms with Gasteiger partial charge >= 0.3 is 0 Å². The first-order valence-corrected chi connectivity index (χ1v) is 12.6. The van der Waals surface area contributed by atoms with Gasteiger partial charge in [0.25, 0.3) is 0 Å². The van der Waals surface area contributed by atoms with E-state index in [2.05, 4.69) is 66.1 Å². The Morgan fingerprint density at radius 1 is 1.32 bits per heavy atom. The Kier molecular flexibility index (Phi) is 8.70. The zero-order chi connectivity index (χ0) is 16.6. The molecule has 0 aromatic rings. The van der Waals surface area contributed by atoms with E-state index in [0.717, 1.165) is 19.3 Å². The summed E-state index contributed by atoms with van der Waals surface area (Å²) in [6, 6.07) is 0. The number of hydrogen-bond donors (Lipinski definition) is 1. The lowest BCUT2D eigenvalue weighted by atomic mass is 10.1. The molecule has 4 atom stereocenters. The smallest absolute Gasteiger partial charge is 0.129 e. The number of rotatable bonds is 6. The highest BCUT2D eigenvalue weighted by Crippen LogP contribution is 2.29. The van der Waals surface area contributed by atoms with Crippen molar-refractivity contribution in [2.75, 3.05) is 0 Å². The average Bonchev–Trinajstić information content (AvgIpc) is 2.79. The van der Waals surface area contributed by atoms with E-state index in [4.69, 9.17) is 4.74 Å². The fraction of sp³-hybridized carbons (Fsp3) is 0.667. The molecule has 1 heterocycles. The second-order valence-electron chi connectivity index (χ2n) is 6.80. The lowest BCUT2D eigenvalue weighted by Crippen LogP contribution is -2.21. The van der Waals surface area contributed by atoms with Gasteiger partial charge in [-0.25, -0.2) is 0 Å². The molecule has 0 amide bonds. The number of allylic oxidation sites excluding steroid dienone is 3. The quantitative estimate of drug-likeness (QED) is 0.317. The molecule has 1 rings (SSSR count). The van der Waals surface area contributed by atoms with Crippen LogP contribution in [0.1, 0.15) is 32.6 Å². The maximum absolute atomic E-state index is 10.1. The molecule has 0 aromatic heterocycles. The molecule has 1 N–H and O–H groups in total. The van der Waals surface area contributed by atoms with Gasteiger partial charge in [-0.2, -0.15) is 0 Å². The summed E-state index contributed by atoms with van der Waals surface area (Å²) in [6.07, 6.45) is 11.3. The zero-order valence-electron chi connectivity index (χ0n) is 14.2. The second kappa shape index (κ2) is 9.72. The fourth-order valence-electron chi connectivity index (χ4n) is 2.27. The lowest BCUT2D eigenvalue weighted by Gasteiger charge is -2.16. The van der Waals surface area contributed by atoms with E-state index in [9.17, 15) is 5.11 Å². The van der Waals surface area contributed by atoms with Crippen LogP contribution < -0.4 is 0 Å². The van der Waals surface area contributed by atoms with Crippen molar-refractivity contribution in [3.05, 3.63) is 24.3 Å². The molecule has 0 bridgehead atoms. The van der Waals surface area contributed by atoms with Crippen molar-refractivity contribution in [1.29, 1.82) is 0 Å². The summed E-state index contributed by atoms with van der Waals surface area (Å²) in [7, 11) is -1.30. The van der Waals surface area contributed by atoms with Gasteiger partial charge in [0, 0.05) is 11.2 Å². The number of alkyl halides is 1. The SMILES string of the molecule is CC/C=C/C[C@@H](Br)[C@H]1C[C@@H](O)[C@@H](C/C=C/C#C[Si](C)(C)C)O1. The summed E-state index contributed by atoms with van der Waals surface area (Å²) in [5.74, 6) is 3.11. The molecule has 1 fully saturated rings. The van der Waals surface area contributed by atoms with Crippen molar-refractivity contribution in [3.8, 4) is 11.5 Å². The van der Waals surface area contributed by atoms with Gasteiger partial charge < -0.3 is 9.84 Å². The molecule has 2 nitrogen and oxygen atoms in total. The van der Waals surface area contributed by atoms with Crippen LogP contribution in [0.2, 0.25) is 19.6 Å². The number of halogens is 1. The molecular weight excluding hydrogens is 356 g/mol. The third kappa shape index (κ3) is 7.78. The van der Waals surface area contributed by atoms with E-state index in [-0.39, 0.29) is 23.1 Å². The van der Waals surface area contributed by atoms with E-state index in [0.29, 0.717) is 6.42 Å². The fourth-order valence-corrected chi connectivity index (χ4v) is 3.34. The van der Waals surface area contributed by atoms with Gasteiger partial charge in [0.15, 0.2) is 0 Å². The van der Waals surface area contributed by atoms with Gasteiger partial charge in [-0.3, -0.25) is 0 Å². The van der Waals surface area contributed by atoms with Gasteiger partial charge in [-0.05, 0) is 25.3 Å². The molecule has 1 saturated heterocycles. The number of hydrogen-bond acceptors (Lipinski definition) is 2. The summed E-state index contributed by atoms with van der Waals surface area (Å²) < 4.78 is 5.99. The van der Waals surface area contributed by atoms with Crippen molar-refractivity contribution < 1.29 is 9.84 Å². The molecule has 0 unspecified atom stereocenters. The predicted octanol–water partition coefficient (Wildman–Crippen LogP) is 4.45. The number of aliphatic hydroxyl groups excluding tert-OH is 1. The number of ether oxygens (including phenoxy) is 1. The number of aliphatic hydroxyl groups is 1. The Morgan fingerprint density at radius 3 is 2.68 bits per heavy atom. The van der Waals surface area contributed by atoms with E-state index in [1.807, 2.05) is 12.2 Å². The molecule has 1 aliphatic heterocycles.